The molecule has 3 heterocycles. The molecule has 7 heteroatoms. The molecule has 31 heavy (non-hydrogen) atoms. The molecule has 0 bridgehead atoms. The van der Waals surface area contributed by atoms with Crippen molar-refractivity contribution >= 4 is 22.8 Å². The fourth-order valence-corrected chi connectivity index (χ4v) is 4.41. The predicted octanol–water partition coefficient (Wildman–Crippen LogP) is 3.97. The lowest BCUT2D eigenvalue weighted by Gasteiger charge is -2.36. The molecule has 3 aromatic rings. The Morgan fingerprint density at radius 3 is 2.55 bits per heavy atom. The summed E-state index contributed by atoms with van der Waals surface area (Å²) in [6, 6.07) is 8.17. The lowest BCUT2D eigenvalue weighted by Crippen LogP contribution is -2.39. The summed E-state index contributed by atoms with van der Waals surface area (Å²) in [5.41, 5.74) is 3.60. The molecule has 1 aromatic carbocycles. The predicted molar refractivity (Wildman–Crippen MR) is 121 cm³/mol. The number of hydrogen-bond donors (Lipinski definition) is 1. The summed E-state index contributed by atoms with van der Waals surface area (Å²) in [5, 5.41) is 7.97. The molecule has 1 saturated heterocycles. The molecule has 1 amide bonds. The second kappa shape index (κ2) is 9.04. The van der Waals surface area contributed by atoms with E-state index in [9.17, 15) is 4.79 Å². The van der Waals surface area contributed by atoms with Crippen molar-refractivity contribution in [1.29, 1.82) is 0 Å². The van der Waals surface area contributed by atoms with Crippen LogP contribution in [0.4, 0.5) is 5.82 Å². The second-order valence-corrected chi connectivity index (χ2v) is 9.02. The van der Waals surface area contributed by atoms with E-state index in [1.54, 1.807) is 0 Å². The van der Waals surface area contributed by atoms with Gasteiger partial charge in [-0.3, -0.25) is 4.79 Å². The SMILES string of the molecule is Cc1ccc(CNC(=O)CCc2nc(N3CC(C)CC(C)C3)c3c(C)noc3n2)cc1. The van der Waals surface area contributed by atoms with Crippen LogP contribution in [0.5, 0.6) is 0 Å². The summed E-state index contributed by atoms with van der Waals surface area (Å²) in [4.78, 5) is 24.1. The van der Waals surface area contributed by atoms with Gasteiger partial charge in [-0.05, 0) is 37.7 Å². The number of nitrogens with one attached hydrogen (secondary N) is 1. The number of carbonyl (C=O) groups is 1. The normalized spacial score (nSPS) is 19.0. The number of benzene rings is 1. The van der Waals surface area contributed by atoms with E-state index in [4.69, 9.17) is 9.51 Å². The molecule has 1 aliphatic heterocycles. The largest absolute Gasteiger partial charge is 0.355 e. The van der Waals surface area contributed by atoms with Gasteiger partial charge < -0.3 is 14.7 Å². The standard InChI is InChI=1S/C24H31N5O2/c1-15-5-7-19(8-6-15)12-25-21(30)10-9-20-26-23(22-18(4)28-31-24(22)27-20)29-13-16(2)11-17(3)14-29/h5-8,16-17H,9-14H2,1-4H3,(H,25,30). The monoisotopic (exact) mass is 421 g/mol. The number of aromatic nitrogens is 3. The Labute approximate surface area is 183 Å². The number of carbonyl (C=O) groups excluding carboxylic acids is 1. The van der Waals surface area contributed by atoms with Crippen LogP contribution in [0, 0.1) is 25.7 Å². The molecule has 0 aliphatic carbocycles. The van der Waals surface area contributed by atoms with Gasteiger partial charge in [0.25, 0.3) is 5.71 Å². The van der Waals surface area contributed by atoms with Gasteiger partial charge in [0.05, 0.1) is 5.69 Å². The van der Waals surface area contributed by atoms with Crippen LogP contribution in [0.3, 0.4) is 0 Å². The van der Waals surface area contributed by atoms with Crippen LogP contribution in [-0.2, 0) is 17.8 Å². The van der Waals surface area contributed by atoms with Crippen molar-refractivity contribution in [2.75, 3.05) is 18.0 Å². The summed E-state index contributed by atoms with van der Waals surface area (Å²) in [5.74, 6) is 2.70. The molecule has 0 saturated carbocycles. The highest BCUT2D eigenvalue weighted by molar-refractivity contribution is 5.88. The first-order chi connectivity index (χ1) is 14.9. The van der Waals surface area contributed by atoms with Gasteiger partial charge in [-0.25, -0.2) is 4.98 Å². The van der Waals surface area contributed by atoms with E-state index in [-0.39, 0.29) is 5.91 Å². The van der Waals surface area contributed by atoms with E-state index in [1.807, 2.05) is 31.2 Å². The zero-order valence-corrected chi connectivity index (χ0v) is 18.8. The van der Waals surface area contributed by atoms with Gasteiger partial charge in [0, 0.05) is 32.5 Å². The van der Waals surface area contributed by atoms with Crippen LogP contribution in [0.15, 0.2) is 28.8 Å². The number of anilines is 1. The number of piperidine rings is 1. The zero-order valence-electron chi connectivity index (χ0n) is 18.8. The average molecular weight is 422 g/mol. The molecular formula is C24H31N5O2. The Hall–Kier alpha value is -2.96. The van der Waals surface area contributed by atoms with Crippen LogP contribution in [-0.4, -0.2) is 34.1 Å². The number of nitrogens with zero attached hydrogens (tertiary/aromatic N) is 4. The number of amides is 1. The smallest absolute Gasteiger partial charge is 0.263 e. The Balaban J connectivity index is 1.46. The van der Waals surface area contributed by atoms with Crippen molar-refractivity contribution in [3.63, 3.8) is 0 Å². The fraction of sp³-hybridized carbons (Fsp3) is 0.500. The molecule has 2 aromatic heterocycles. The quantitative estimate of drug-likeness (QED) is 0.648. The van der Waals surface area contributed by atoms with Gasteiger partial charge in [-0.1, -0.05) is 48.8 Å². The van der Waals surface area contributed by atoms with E-state index < -0.39 is 0 Å². The van der Waals surface area contributed by atoms with Crippen molar-refractivity contribution in [2.45, 2.75) is 53.5 Å². The van der Waals surface area contributed by atoms with Crippen molar-refractivity contribution in [2.24, 2.45) is 11.8 Å². The minimum atomic E-state index is -0.0141. The van der Waals surface area contributed by atoms with E-state index in [0.29, 0.717) is 42.8 Å². The van der Waals surface area contributed by atoms with E-state index in [0.717, 1.165) is 35.6 Å². The van der Waals surface area contributed by atoms with Crippen molar-refractivity contribution in [1.82, 2.24) is 20.4 Å². The molecule has 1 N–H and O–H groups in total. The van der Waals surface area contributed by atoms with E-state index in [1.165, 1.54) is 12.0 Å². The number of hydrogen-bond acceptors (Lipinski definition) is 6. The van der Waals surface area contributed by atoms with Crippen LogP contribution in [0.25, 0.3) is 11.1 Å². The highest BCUT2D eigenvalue weighted by atomic mass is 16.5. The molecule has 1 aliphatic rings. The first-order valence-corrected chi connectivity index (χ1v) is 11.1. The lowest BCUT2D eigenvalue weighted by molar-refractivity contribution is -0.121. The Morgan fingerprint density at radius 1 is 1.13 bits per heavy atom. The van der Waals surface area contributed by atoms with Crippen molar-refractivity contribution < 1.29 is 9.32 Å². The number of fused-ring (bicyclic) bond motifs is 1. The maximum atomic E-state index is 12.4. The number of aryl methyl sites for hydroxylation is 3. The summed E-state index contributed by atoms with van der Waals surface area (Å²) in [6.45, 7) is 11.0. The van der Waals surface area contributed by atoms with Gasteiger partial charge in [0.1, 0.15) is 17.0 Å². The van der Waals surface area contributed by atoms with E-state index in [2.05, 4.69) is 41.1 Å². The molecule has 2 atom stereocenters. The summed E-state index contributed by atoms with van der Waals surface area (Å²) >= 11 is 0. The molecular weight excluding hydrogens is 390 g/mol. The Kier molecular flexibility index (Phi) is 6.20. The molecule has 164 valence electrons. The zero-order chi connectivity index (χ0) is 22.0. The van der Waals surface area contributed by atoms with Crippen LogP contribution in [0.2, 0.25) is 0 Å². The second-order valence-electron chi connectivity index (χ2n) is 9.02. The summed E-state index contributed by atoms with van der Waals surface area (Å²) < 4.78 is 5.47. The molecule has 7 nitrogen and oxygen atoms in total. The third kappa shape index (κ3) is 5.03. The van der Waals surface area contributed by atoms with Gasteiger partial charge >= 0.3 is 0 Å². The minimum absolute atomic E-state index is 0.0141. The highest BCUT2D eigenvalue weighted by Gasteiger charge is 2.27. The average Bonchev–Trinajstić information content (AvgIpc) is 3.11. The van der Waals surface area contributed by atoms with Crippen molar-refractivity contribution in [3.8, 4) is 0 Å². The maximum Gasteiger partial charge on any atom is 0.263 e. The molecule has 1 fully saturated rings. The first kappa shape index (κ1) is 21.3. The Bertz CT molecular complexity index is 1050. The highest BCUT2D eigenvalue weighted by Crippen LogP contribution is 2.31. The molecule has 0 radical (unpaired) electrons. The van der Waals surface area contributed by atoms with Gasteiger partial charge in [0.2, 0.25) is 5.91 Å². The van der Waals surface area contributed by atoms with Crippen LogP contribution < -0.4 is 10.2 Å². The lowest BCUT2D eigenvalue weighted by atomic mass is 9.92. The van der Waals surface area contributed by atoms with Crippen LogP contribution >= 0.6 is 0 Å². The molecule has 2 unspecified atom stereocenters. The van der Waals surface area contributed by atoms with Gasteiger partial charge in [0.15, 0.2) is 0 Å². The van der Waals surface area contributed by atoms with Crippen LogP contribution in [0.1, 0.15) is 49.3 Å². The third-order valence-corrected chi connectivity index (χ3v) is 5.89. The van der Waals surface area contributed by atoms with Gasteiger partial charge in [-0.15, -0.1) is 0 Å². The molecule has 0 spiro atoms. The summed E-state index contributed by atoms with van der Waals surface area (Å²) in [7, 11) is 0. The third-order valence-electron chi connectivity index (χ3n) is 5.89. The molecule has 4 rings (SSSR count). The fourth-order valence-electron chi connectivity index (χ4n) is 4.41. The maximum absolute atomic E-state index is 12.4. The van der Waals surface area contributed by atoms with Crippen molar-refractivity contribution in [3.05, 3.63) is 46.9 Å². The van der Waals surface area contributed by atoms with E-state index >= 15 is 0 Å². The first-order valence-electron chi connectivity index (χ1n) is 11.1. The minimum Gasteiger partial charge on any atom is -0.355 e. The summed E-state index contributed by atoms with van der Waals surface area (Å²) in [6.07, 6.45) is 2.01. The number of rotatable bonds is 6. The van der Waals surface area contributed by atoms with Gasteiger partial charge in [-0.2, -0.15) is 4.98 Å². The topological polar surface area (TPSA) is 84.2 Å². The Morgan fingerprint density at radius 2 is 1.84 bits per heavy atom.